The number of nitrogens with zero attached hydrogens (tertiary/aromatic N) is 3. The van der Waals surface area contributed by atoms with Gasteiger partial charge in [-0.05, 0) is 24.6 Å². The fourth-order valence-electron chi connectivity index (χ4n) is 1.81. The lowest BCUT2D eigenvalue weighted by molar-refractivity contribution is 0.0667. The average Bonchev–Trinajstić information content (AvgIpc) is 2.94. The van der Waals surface area contributed by atoms with E-state index in [0.717, 1.165) is 5.56 Å². The van der Waals surface area contributed by atoms with Crippen molar-refractivity contribution < 1.29 is 14.7 Å². The number of nitrogens with one attached hydrogen (secondary N) is 1. The zero-order valence-corrected chi connectivity index (χ0v) is 10.9. The topological polar surface area (TPSA) is 99.2 Å². The summed E-state index contributed by atoms with van der Waals surface area (Å²) in [5.41, 5.74) is 0.652. The van der Waals surface area contributed by atoms with Crippen LogP contribution >= 0.6 is 0 Å². The van der Waals surface area contributed by atoms with E-state index in [4.69, 9.17) is 5.11 Å². The van der Waals surface area contributed by atoms with E-state index in [9.17, 15) is 9.59 Å². The molecule has 0 spiro atoms. The van der Waals surface area contributed by atoms with Gasteiger partial charge in [0.05, 0.1) is 6.33 Å². The number of H-pyrrole nitrogens is 1. The standard InChI is InChI=1S/C13H14N4O3/c1-2-17(7-9-3-5-14-6-4-9)12(18)10-11(13(19)20)16-8-15-10/h3-6,8H,2,7H2,1H3,(H,15,16)(H,19,20). The van der Waals surface area contributed by atoms with Crippen molar-refractivity contribution >= 4 is 11.9 Å². The molecule has 0 unspecified atom stereocenters. The average molecular weight is 274 g/mol. The Bertz CT molecular complexity index is 609. The zero-order valence-electron chi connectivity index (χ0n) is 10.9. The predicted molar refractivity (Wildman–Crippen MR) is 70.2 cm³/mol. The number of aromatic carboxylic acids is 1. The van der Waals surface area contributed by atoms with Crippen molar-refractivity contribution in [2.24, 2.45) is 0 Å². The number of imidazole rings is 1. The maximum atomic E-state index is 12.3. The Morgan fingerprint density at radius 2 is 2.05 bits per heavy atom. The molecule has 0 saturated heterocycles. The summed E-state index contributed by atoms with van der Waals surface area (Å²) in [6, 6.07) is 3.61. The lowest BCUT2D eigenvalue weighted by atomic mass is 10.2. The van der Waals surface area contributed by atoms with Gasteiger partial charge in [-0.2, -0.15) is 0 Å². The van der Waals surface area contributed by atoms with Gasteiger partial charge in [-0.1, -0.05) is 0 Å². The summed E-state index contributed by atoms with van der Waals surface area (Å²) in [5, 5.41) is 9.00. The number of carboxylic acid groups (broad SMARTS) is 1. The lowest BCUT2D eigenvalue weighted by Crippen LogP contribution is -2.31. The van der Waals surface area contributed by atoms with E-state index in [-0.39, 0.29) is 11.4 Å². The van der Waals surface area contributed by atoms with E-state index < -0.39 is 11.9 Å². The number of carboxylic acids is 1. The highest BCUT2D eigenvalue weighted by molar-refractivity contribution is 6.02. The number of rotatable bonds is 5. The first kappa shape index (κ1) is 13.7. The number of hydrogen-bond donors (Lipinski definition) is 2. The van der Waals surface area contributed by atoms with E-state index in [1.807, 2.05) is 6.92 Å². The van der Waals surface area contributed by atoms with Crippen molar-refractivity contribution in [3.05, 3.63) is 47.8 Å². The highest BCUT2D eigenvalue weighted by Crippen LogP contribution is 2.10. The summed E-state index contributed by atoms with van der Waals surface area (Å²) in [6.45, 7) is 2.66. The van der Waals surface area contributed by atoms with Crippen molar-refractivity contribution in [3.8, 4) is 0 Å². The Morgan fingerprint density at radius 1 is 1.35 bits per heavy atom. The molecule has 0 aliphatic rings. The molecule has 7 nitrogen and oxygen atoms in total. The number of pyridine rings is 1. The summed E-state index contributed by atoms with van der Waals surface area (Å²) < 4.78 is 0. The predicted octanol–water partition coefficient (Wildman–Crippen LogP) is 1.17. The maximum absolute atomic E-state index is 12.3. The molecule has 0 fully saturated rings. The molecular weight excluding hydrogens is 260 g/mol. The van der Waals surface area contributed by atoms with E-state index >= 15 is 0 Å². The summed E-state index contributed by atoms with van der Waals surface area (Å²) in [4.78, 5) is 35.0. The summed E-state index contributed by atoms with van der Waals surface area (Å²) in [7, 11) is 0. The van der Waals surface area contributed by atoms with E-state index in [1.54, 1.807) is 24.5 Å². The normalized spacial score (nSPS) is 10.2. The first-order valence-corrected chi connectivity index (χ1v) is 6.08. The van der Waals surface area contributed by atoms with Gasteiger partial charge < -0.3 is 15.0 Å². The Kier molecular flexibility index (Phi) is 4.09. The number of hydrogen-bond acceptors (Lipinski definition) is 4. The highest BCUT2D eigenvalue weighted by atomic mass is 16.4. The molecular formula is C13H14N4O3. The first-order valence-electron chi connectivity index (χ1n) is 6.08. The van der Waals surface area contributed by atoms with E-state index in [2.05, 4.69) is 15.0 Å². The van der Waals surface area contributed by atoms with Gasteiger partial charge in [0.1, 0.15) is 0 Å². The Hall–Kier alpha value is -2.70. The quantitative estimate of drug-likeness (QED) is 0.852. The highest BCUT2D eigenvalue weighted by Gasteiger charge is 2.23. The van der Waals surface area contributed by atoms with Crippen LogP contribution in [0.15, 0.2) is 30.9 Å². The van der Waals surface area contributed by atoms with Crippen LogP contribution in [-0.2, 0) is 6.54 Å². The molecule has 0 bridgehead atoms. The second-order valence-corrected chi connectivity index (χ2v) is 4.11. The van der Waals surface area contributed by atoms with Crippen LogP contribution in [0.25, 0.3) is 0 Å². The molecule has 2 heterocycles. The van der Waals surface area contributed by atoms with Crippen LogP contribution in [0.4, 0.5) is 0 Å². The molecule has 0 aliphatic heterocycles. The molecule has 2 rings (SSSR count). The van der Waals surface area contributed by atoms with Crippen molar-refractivity contribution in [2.45, 2.75) is 13.5 Å². The van der Waals surface area contributed by atoms with E-state index in [0.29, 0.717) is 13.1 Å². The Balaban J connectivity index is 2.21. The first-order chi connectivity index (χ1) is 9.63. The van der Waals surface area contributed by atoms with Gasteiger partial charge in [0.2, 0.25) is 0 Å². The van der Waals surface area contributed by atoms with Crippen LogP contribution in [0.2, 0.25) is 0 Å². The molecule has 20 heavy (non-hydrogen) atoms. The van der Waals surface area contributed by atoms with Crippen LogP contribution in [0.5, 0.6) is 0 Å². The SMILES string of the molecule is CCN(Cc1ccncc1)C(=O)c1nc[nH]c1C(=O)O. The minimum absolute atomic E-state index is 0.0755. The van der Waals surface area contributed by atoms with Gasteiger partial charge >= 0.3 is 5.97 Å². The minimum atomic E-state index is -1.20. The van der Waals surface area contributed by atoms with Gasteiger partial charge in [0.25, 0.3) is 5.91 Å². The van der Waals surface area contributed by atoms with Gasteiger partial charge in [0.15, 0.2) is 11.4 Å². The molecule has 2 aromatic heterocycles. The van der Waals surface area contributed by atoms with Crippen LogP contribution < -0.4 is 0 Å². The molecule has 0 radical (unpaired) electrons. The van der Waals surface area contributed by atoms with Crippen molar-refractivity contribution in [3.63, 3.8) is 0 Å². The van der Waals surface area contributed by atoms with Crippen LogP contribution in [-0.4, -0.2) is 43.4 Å². The smallest absolute Gasteiger partial charge is 0.354 e. The van der Waals surface area contributed by atoms with Gasteiger partial charge in [-0.25, -0.2) is 9.78 Å². The van der Waals surface area contributed by atoms with Crippen LogP contribution in [0.3, 0.4) is 0 Å². The molecule has 1 amide bonds. The van der Waals surface area contributed by atoms with Gasteiger partial charge in [0, 0.05) is 25.5 Å². The van der Waals surface area contributed by atoms with Crippen LogP contribution in [0.1, 0.15) is 33.5 Å². The molecule has 2 N–H and O–H groups in total. The Labute approximate surface area is 115 Å². The molecule has 0 aliphatic carbocycles. The monoisotopic (exact) mass is 274 g/mol. The molecule has 104 valence electrons. The zero-order chi connectivity index (χ0) is 14.5. The fraction of sp³-hybridized carbons (Fsp3) is 0.231. The summed E-state index contributed by atoms with van der Waals surface area (Å²) >= 11 is 0. The lowest BCUT2D eigenvalue weighted by Gasteiger charge is -2.20. The second kappa shape index (κ2) is 5.96. The van der Waals surface area contributed by atoms with Crippen molar-refractivity contribution in [1.82, 2.24) is 19.9 Å². The van der Waals surface area contributed by atoms with Crippen LogP contribution in [0, 0.1) is 0 Å². The Morgan fingerprint density at radius 3 is 2.65 bits per heavy atom. The molecule has 0 aromatic carbocycles. The number of aromatic nitrogens is 3. The molecule has 7 heteroatoms. The number of aromatic amines is 1. The molecule has 2 aromatic rings. The summed E-state index contributed by atoms with van der Waals surface area (Å²) in [6.07, 6.45) is 4.49. The number of amides is 1. The fourth-order valence-corrected chi connectivity index (χ4v) is 1.81. The maximum Gasteiger partial charge on any atom is 0.354 e. The van der Waals surface area contributed by atoms with Crippen molar-refractivity contribution in [2.75, 3.05) is 6.54 Å². The van der Waals surface area contributed by atoms with E-state index in [1.165, 1.54) is 11.2 Å². The van der Waals surface area contributed by atoms with Gasteiger partial charge in [-0.15, -0.1) is 0 Å². The summed E-state index contributed by atoms with van der Waals surface area (Å²) in [5.74, 6) is -1.62. The third-order valence-corrected chi connectivity index (χ3v) is 2.85. The number of carbonyl (C=O) groups excluding carboxylic acids is 1. The second-order valence-electron chi connectivity index (χ2n) is 4.11. The third-order valence-electron chi connectivity index (χ3n) is 2.85. The van der Waals surface area contributed by atoms with Crippen molar-refractivity contribution in [1.29, 1.82) is 0 Å². The van der Waals surface area contributed by atoms with Gasteiger partial charge in [-0.3, -0.25) is 9.78 Å². The molecule has 0 saturated carbocycles. The molecule has 0 atom stereocenters. The third kappa shape index (κ3) is 2.82. The largest absolute Gasteiger partial charge is 0.477 e. The number of carbonyl (C=O) groups is 2. The minimum Gasteiger partial charge on any atom is -0.477 e.